The second-order valence-corrected chi connectivity index (χ2v) is 5.93. The summed E-state index contributed by atoms with van der Waals surface area (Å²) in [7, 11) is 0. The van der Waals surface area contributed by atoms with Gasteiger partial charge in [-0.15, -0.1) is 0 Å². The average Bonchev–Trinajstić information content (AvgIpc) is 2.50. The van der Waals surface area contributed by atoms with Gasteiger partial charge in [0, 0.05) is 10.0 Å². The monoisotopic (exact) mass is 376 g/mol. The number of carbonyl (C=O) groups is 1. The van der Waals surface area contributed by atoms with Gasteiger partial charge in [-0.25, -0.2) is 5.43 Å². The van der Waals surface area contributed by atoms with Crippen LogP contribution in [0.2, 0.25) is 0 Å². The summed E-state index contributed by atoms with van der Waals surface area (Å²) in [6, 6.07) is 12.4. The van der Waals surface area contributed by atoms with Gasteiger partial charge >= 0.3 is 0 Å². The largest absolute Gasteiger partial charge is 0.507 e. The molecular weight excluding hydrogens is 360 g/mol. The average molecular weight is 377 g/mol. The van der Waals surface area contributed by atoms with E-state index in [2.05, 4.69) is 26.5 Å². The Morgan fingerprint density at radius 3 is 2.87 bits per heavy atom. The lowest BCUT2D eigenvalue weighted by Crippen LogP contribution is -2.33. The Labute approximate surface area is 143 Å². The number of halogens is 1. The fourth-order valence-electron chi connectivity index (χ4n) is 1.83. The summed E-state index contributed by atoms with van der Waals surface area (Å²) < 4.78 is 6.36. The first-order valence-electron chi connectivity index (χ1n) is 7.00. The number of benzene rings is 2. The number of aromatic hydroxyl groups is 1. The van der Waals surface area contributed by atoms with E-state index in [1.54, 1.807) is 25.1 Å². The fourth-order valence-corrected chi connectivity index (χ4v) is 2.21. The molecule has 0 saturated heterocycles. The molecule has 23 heavy (non-hydrogen) atoms. The zero-order chi connectivity index (χ0) is 16.8. The third-order valence-electron chi connectivity index (χ3n) is 3.04. The van der Waals surface area contributed by atoms with Crippen LogP contribution in [0.5, 0.6) is 11.5 Å². The summed E-state index contributed by atoms with van der Waals surface area (Å²) in [6.45, 7) is 3.59. The van der Waals surface area contributed by atoms with E-state index in [4.69, 9.17) is 4.74 Å². The second-order valence-electron chi connectivity index (χ2n) is 5.01. The van der Waals surface area contributed by atoms with E-state index in [9.17, 15) is 9.90 Å². The number of phenols is 1. The molecule has 0 aliphatic rings. The molecule has 5 nitrogen and oxygen atoms in total. The van der Waals surface area contributed by atoms with Gasteiger partial charge in [0.05, 0.1) is 6.21 Å². The van der Waals surface area contributed by atoms with Crippen LogP contribution in [-0.4, -0.2) is 23.3 Å². The topological polar surface area (TPSA) is 70.9 Å². The number of phenolic OH excluding ortho intramolecular Hbond substituents is 1. The molecule has 2 rings (SSSR count). The standard InChI is InChI=1S/C17H17BrN2O3/c1-11-4-3-5-15(8-11)23-12(2)17(22)20-19-10-13-9-14(18)6-7-16(13)21/h3-10,12,21H,1-2H3,(H,20,22)/b19-10+. The molecule has 0 aliphatic heterocycles. The number of ether oxygens (including phenoxy) is 1. The first-order valence-corrected chi connectivity index (χ1v) is 7.80. The SMILES string of the molecule is Cc1cccc(OC(C)C(=O)N/N=C/c2cc(Br)ccc2O)c1. The highest BCUT2D eigenvalue weighted by Crippen LogP contribution is 2.20. The molecule has 120 valence electrons. The Morgan fingerprint density at radius 2 is 2.13 bits per heavy atom. The van der Waals surface area contributed by atoms with Gasteiger partial charge in [0.1, 0.15) is 11.5 Å². The number of amides is 1. The zero-order valence-electron chi connectivity index (χ0n) is 12.8. The van der Waals surface area contributed by atoms with Crippen molar-refractivity contribution < 1.29 is 14.6 Å². The van der Waals surface area contributed by atoms with E-state index in [0.29, 0.717) is 11.3 Å². The van der Waals surface area contributed by atoms with Crippen molar-refractivity contribution in [1.29, 1.82) is 0 Å². The quantitative estimate of drug-likeness (QED) is 0.620. The number of rotatable bonds is 5. The summed E-state index contributed by atoms with van der Waals surface area (Å²) in [6.07, 6.45) is 0.683. The highest BCUT2D eigenvalue weighted by molar-refractivity contribution is 9.10. The molecule has 0 spiro atoms. The molecule has 1 atom stereocenters. The Bertz CT molecular complexity index is 732. The summed E-state index contributed by atoms with van der Waals surface area (Å²) >= 11 is 3.30. The number of hydrazone groups is 1. The molecule has 0 saturated carbocycles. The molecular formula is C17H17BrN2O3. The van der Waals surface area contributed by atoms with Gasteiger partial charge in [0.15, 0.2) is 6.10 Å². The third-order valence-corrected chi connectivity index (χ3v) is 3.53. The van der Waals surface area contributed by atoms with Crippen molar-refractivity contribution in [3.8, 4) is 11.5 Å². The Morgan fingerprint density at radius 1 is 1.35 bits per heavy atom. The lowest BCUT2D eigenvalue weighted by Gasteiger charge is -2.13. The minimum Gasteiger partial charge on any atom is -0.507 e. The highest BCUT2D eigenvalue weighted by Gasteiger charge is 2.13. The van der Waals surface area contributed by atoms with E-state index in [0.717, 1.165) is 10.0 Å². The van der Waals surface area contributed by atoms with Gasteiger partial charge in [-0.3, -0.25) is 4.79 Å². The number of carbonyl (C=O) groups excluding carboxylic acids is 1. The van der Waals surface area contributed by atoms with Crippen LogP contribution in [0.3, 0.4) is 0 Å². The predicted octanol–water partition coefficient (Wildman–Crippen LogP) is 3.38. The number of hydrogen-bond acceptors (Lipinski definition) is 4. The normalized spacial score (nSPS) is 12.1. The summed E-state index contributed by atoms with van der Waals surface area (Å²) in [5.74, 6) is 0.328. The van der Waals surface area contributed by atoms with Crippen molar-refractivity contribution >= 4 is 28.1 Å². The molecule has 0 aromatic heterocycles. The van der Waals surface area contributed by atoms with E-state index >= 15 is 0 Å². The van der Waals surface area contributed by atoms with Gasteiger partial charge in [-0.05, 0) is 49.7 Å². The molecule has 2 aromatic rings. The smallest absolute Gasteiger partial charge is 0.280 e. The maximum atomic E-state index is 12.0. The van der Waals surface area contributed by atoms with Crippen LogP contribution in [0.25, 0.3) is 0 Å². The first kappa shape index (κ1) is 17.0. The minimum atomic E-state index is -0.690. The van der Waals surface area contributed by atoms with E-state index in [1.165, 1.54) is 12.3 Å². The lowest BCUT2D eigenvalue weighted by molar-refractivity contribution is -0.127. The van der Waals surface area contributed by atoms with E-state index < -0.39 is 6.10 Å². The molecule has 0 fully saturated rings. The zero-order valence-corrected chi connectivity index (χ0v) is 14.4. The maximum Gasteiger partial charge on any atom is 0.280 e. The molecule has 2 N–H and O–H groups in total. The van der Waals surface area contributed by atoms with Gasteiger partial charge in [-0.1, -0.05) is 28.1 Å². The molecule has 6 heteroatoms. The van der Waals surface area contributed by atoms with Crippen molar-refractivity contribution in [3.63, 3.8) is 0 Å². The first-order chi connectivity index (χ1) is 11.0. The maximum absolute atomic E-state index is 12.0. The second kappa shape index (κ2) is 7.78. The van der Waals surface area contributed by atoms with Crippen molar-refractivity contribution in [2.45, 2.75) is 20.0 Å². The summed E-state index contributed by atoms with van der Waals surface area (Å²) in [5, 5.41) is 13.5. The Hall–Kier alpha value is -2.34. The molecule has 0 heterocycles. The molecule has 1 amide bonds. The van der Waals surface area contributed by atoms with Crippen molar-refractivity contribution in [2.24, 2.45) is 5.10 Å². The van der Waals surface area contributed by atoms with Crippen molar-refractivity contribution in [3.05, 3.63) is 58.1 Å². The van der Waals surface area contributed by atoms with Gasteiger partial charge < -0.3 is 9.84 Å². The van der Waals surface area contributed by atoms with Crippen molar-refractivity contribution in [2.75, 3.05) is 0 Å². The van der Waals surface area contributed by atoms with Crippen molar-refractivity contribution in [1.82, 2.24) is 5.43 Å². The van der Waals surface area contributed by atoms with E-state index in [-0.39, 0.29) is 11.7 Å². The van der Waals surface area contributed by atoms with E-state index in [1.807, 2.05) is 25.1 Å². The van der Waals surface area contributed by atoms with Crippen LogP contribution in [0, 0.1) is 6.92 Å². The summed E-state index contributed by atoms with van der Waals surface area (Å²) in [4.78, 5) is 12.0. The number of nitrogens with one attached hydrogen (secondary N) is 1. The van der Waals surface area contributed by atoms with Crippen LogP contribution in [0.4, 0.5) is 0 Å². The predicted molar refractivity (Wildman–Crippen MR) is 92.8 cm³/mol. The summed E-state index contributed by atoms with van der Waals surface area (Å²) in [5.41, 5.74) is 3.94. The highest BCUT2D eigenvalue weighted by atomic mass is 79.9. The molecule has 0 bridgehead atoms. The molecule has 1 unspecified atom stereocenters. The Kier molecular flexibility index (Phi) is 5.76. The Balaban J connectivity index is 1.93. The minimum absolute atomic E-state index is 0.0789. The van der Waals surface area contributed by atoms with Crippen LogP contribution < -0.4 is 10.2 Å². The number of aryl methyl sites for hydroxylation is 1. The third kappa shape index (κ3) is 5.10. The fraction of sp³-hybridized carbons (Fsp3) is 0.176. The number of nitrogens with zero attached hydrogens (tertiary/aromatic N) is 1. The van der Waals surface area contributed by atoms with Crippen LogP contribution in [0.15, 0.2) is 52.0 Å². The molecule has 2 aromatic carbocycles. The van der Waals surface area contributed by atoms with Gasteiger partial charge in [0.25, 0.3) is 5.91 Å². The van der Waals surface area contributed by atoms with Crippen LogP contribution in [0.1, 0.15) is 18.1 Å². The van der Waals surface area contributed by atoms with Gasteiger partial charge in [-0.2, -0.15) is 5.10 Å². The van der Waals surface area contributed by atoms with Crippen LogP contribution in [-0.2, 0) is 4.79 Å². The lowest BCUT2D eigenvalue weighted by atomic mass is 10.2. The number of hydrogen-bond donors (Lipinski definition) is 2. The van der Waals surface area contributed by atoms with Gasteiger partial charge in [0.2, 0.25) is 0 Å². The van der Waals surface area contributed by atoms with Crippen LogP contribution >= 0.6 is 15.9 Å². The molecule has 0 aliphatic carbocycles. The molecule has 0 radical (unpaired) electrons.